The molecule has 0 aliphatic heterocycles. The Morgan fingerprint density at radius 1 is 1.12 bits per heavy atom. The van der Waals surface area contributed by atoms with Crippen molar-refractivity contribution in [2.45, 2.75) is 47.1 Å². The molecule has 2 rings (SSSR count). The van der Waals surface area contributed by atoms with E-state index < -0.39 is 0 Å². The number of amides is 1. The highest BCUT2D eigenvalue weighted by atomic mass is 16.5. The minimum atomic E-state index is -0.211. The highest BCUT2D eigenvalue weighted by Crippen LogP contribution is 2.29. The van der Waals surface area contributed by atoms with Crippen LogP contribution >= 0.6 is 0 Å². The maximum Gasteiger partial charge on any atom is 0.251 e. The Labute approximate surface area is 148 Å². The molecule has 0 atom stereocenters. The van der Waals surface area contributed by atoms with Gasteiger partial charge in [-0.05, 0) is 44.9 Å². The van der Waals surface area contributed by atoms with Crippen molar-refractivity contribution in [2.24, 2.45) is 0 Å². The summed E-state index contributed by atoms with van der Waals surface area (Å²) in [6.07, 6.45) is 1.79. The van der Waals surface area contributed by atoms with Crippen molar-refractivity contribution in [1.29, 1.82) is 0 Å². The van der Waals surface area contributed by atoms with Gasteiger partial charge in [-0.1, -0.05) is 13.8 Å². The summed E-state index contributed by atoms with van der Waals surface area (Å²) in [4.78, 5) is 16.6. The standard InChI is InChI=1S/C19H26N2O4/c1-5-9-23-16-8-7-15(11-17(16)24-10-6-2)19(22)20-12-18-21-13(3)14(4)25-18/h7-8,11H,5-6,9-10,12H2,1-4H3,(H,20,22). The molecule has 0 spiro atoms. The van der Waals surface area contributed by atoms with Crippen LogP contribution in [0, 0.1) is 13.8 Å². The number of oxazole rings is 1. The van der Waals surface area contributed by atoms with Crippen molar-refractivity contribution in [3.8, 4) is 11.5 Å². The van der Waals surface area contributed by atoms with Gasteiger partial charge in [-0.2, -0.15) is 0 Å². The van der Waals surface area contributed by atoms with Crippen LogP contribution in [0.4, 0.5) is 0 Å². The van der Waals surface area contributed by atoms with E-state index in [1.807, 2.05) is 27.7 Å². The van der Waals surface area contributed by atoms with E-state index in [-0.39, 0.29) is 12.5 Å². The lowest BCUT2D eigenvalue weighted by molar-refractivity contribution is 0.0946. The highest BCUT2D eigenvalue weighted by molar-refractivity contribution is 5.94. The van der Waals surface area contributed by atoms with Crippen molar-refractivity contribution in [1.82, 2.24) is 10.3 Å². The third-order valence-corrected chi connectivity index (χ3v) is 3.60. The first-order valence-corrected chi connectivity index (χ1v) is 8.65. The van der Waals surface area contributed by atoms with Gasteiger partial charge >= 0.3 is 0 Å². The minimum Gasteiger partial charge on any atom is -0.490 e. The lowest BCUT2D eigenvalue weighted by Gasteiger charge is -2.13. The molecule has 2 aromatic rings. The number of ether oxygens (including phenoxy) is 2. The zero-order valence-corrected chi connectivity index (χ0v) is 15.3. The van der Waals surface area contributed by atoms with Crippen LogP contribution in [0.2, 0.25) is 0 Å². The smallest absolute Gasteiger partial charge is 0.251 e. The van der Waals surface area contributed by atoms with Crippen LogP contribution in [0.25, 0.3) is 0 Å². The quantitative estimate of drug-likeness (QED) is 0.747. The summed E-state index contributed by atoms with van der Waals surface area (Å²) in [5, 5.41) is 2.81. The fourth-order valence-electron chi connectivity index (χ4n) is 2.18. The van der Waals surface area contributed by atoms with E-state index in [4.69, 9.17) is 13.9 Å². The third-order valence-electron chi connectivity index (χ3n) is 3.60. The van der Waals surface area contributed by atoms with E-state index >= 15 is 0 Å². The van der Waals surface area contributed by atoms with Gasteiger partial charge in [0.05, 0.1) is 25.5 Å². The van der Waals surface area contributed by atoms with Gasteiger partial charge in [-0.25, -0.2) is 4.98 Å². The number of nitrogens with one attached hydrogen (secondary N) is 1. The van der Waals surface area contributed by atoms with Crippen molar-refractivity contribution >= 4 is 5.91 Å². The number of hydrogen-bond acceptors (Lipinski definition) is 5. The number of carbonyl (C=O) groups excluding carboxylic acids is 1. The average molecular weight is 346 g/mol. The van der Waals surface area contributed by atoms with E-state index in [9.17, 15) is 4.79 Å². The second-order valence-electron chi connectivity index (χ2n) is 5.79. The van der Waals surface area contributed by atoms with Crippen LogP contribution in [0.3, 0.4) is 0 Å². The summed E-state index contributed by atoms with van der Waals surface area (Å²) >= 11 is 0. The lowest BCUT2D eigenvalue weighted by atomic mass is 10.2. The zero-order chi connectivity index (χ0) is 18.2. The topological polar surface area (TPSA) is 73.6 Å². The molecular formula is C19H26N2O4. The van der Waals surface area contributed by atoms with Crippen LogP contribution < -0.4 is 14.8 Å². The lowest BCUT2D eigenvalue weighted by Crippen LogP contribution is -2.23. The Kier molecular flexibility index (Phi) is 6.86. The first kappa shape index (κ1) is 18.8. The Morgan fingerprint density at radius 3 is 2.40 bits per heavy atom. The van der Waals surface area contributed by atoms with Gasteiger partial charge in [0.25, 0.3) is 5.91 Å². The molecule has 0 bridgehead atoms. The predicted octanol–water partition coefficient (Wildman–Crippen LogP) is 3.80. The van der Waals surface area contributed by atoms with Crippen LogP contribution in [0.1, 0.15) is 54.4 Å². The Balaban J connectivity index is 2.06. The van der Waals surface area contributed by atoms with Crippen molar-refractivity contribution in [3.63, 3.8) is 0 Å². The first-order valence-electron chi connectivity index (χ1n) is 8.65. The third kappa shape index (κ3) is 5.24. The first-order chi connectivity index (χ1) is 12.0. The molecule has 0 radical (unpaired) electrons. The van der Waals surface area contributed by atoms with Gasteiger partial charge in [0.1, 0.15) is 5.76 Å². The summed E-state index contributed by atoms with van der Waals surface area (Å²) in [7, 11) is 0. The average Bonchev–Trinajstić information content (AvgIpc) is 2.94. The molecule has 1 aromatic heterocycles. The molecule has 1 N–H and O–H groups in total. The molecular weight excluding hydrogens is 320 g/mol. The summed E-state index contributed by atoms with van der Waals surface area (Å²) in [5.74, 6) is 2.29. The molecule has 136 valence electrons. The minimum absolute atomic E-state index is 0.211. The monoisotopic (exact) mass is 346 g/mol. The van der Waals surface area contributed by atoms with Crippen LogP contribution in [-0.4, -0.2) is 24.1 Å². The molecule has 1 heterocycles. The second kappa shape index (κ2) is 9.11. The summed E-state index contributed by atoms with van der Waals surface area (Å²) < 4.78 is 16.9. The molecule has 0 saturated carbocycles. The predicted molar refractivity (Wildman–Crippen MR) is 95.2 cm³/mol. The molecule has 1 aromatic carbocycles. The van der Waals surface area contributed by atoms with Gasteiger partial charge in [-0.3, -0.25) is 4.79 Å². The van der Waals surface area contributed by atoms with Crippen LogP contribution in [0.15, 0.2) is 22.6 Å². The number of hydrogen-bond donors (Lipinski definition) is 1. The molecule has 0 aliphatic carbocycles. The number of rotatable bonds is 9. The molecule has 0 aliphatic rings. The maximum absolute atomic E-state index is 12.4. The van der Waals surface area contributed by atoms with Gasteiger partial charge < -0.3 is 19.2 Å². The van der Waals surface area contributed by atoms with Crippen molar-refractivity contribution in [3.05, 3.63) is 41.1 Å². The van der Waals surface area contributed by atoms with Gasteiger partial charge in [0.15, 0.2) is 11.5 Å². The largest absolute Gasteiger partial charge is 0.490 e. The van der Waals surface area contributed by atoms with E-state index in [1.54, 1.807) is 18.2 Å². The number of aryl methyl sites for hydroxylation is 2. The Morgan fingerprint density at radius 2 is 1.80 bits per heavy atom. The highest BCUT2D eigenvalue weighted by Gasteiger charge is 2.13. The molecule has 0 unspecified atom stereocenters. The molecule has 6 heteroatoms. The Bertz CT molecular complexity index is 690. The zero-order valence-electron chi connectivity index (χ0n) is 15.3. The van der Waals surface area contributed by atoms with Gasteiger partial charge in [0, 0.05) is 5.56 Å². The van der Waals surface area contributed by atoms with E-state index in [1.165, 1.54) is 0 Å². The molecule has 0 saturated heterocycles. The number of carbonyl (C=O) groups is 1. The number of nitrogens with zero attached hydrogens (tertiary/aromatic N) is 1. The molecule has 1 amide bonds. The molecule has 25 heavy (non-hydrogen) atoms. The maximum atomic E-state index is 12.4. The number of benzene rings is 1. The summed E-state index contributed by atoms with van der Waals surface area (Å²) in [5.41, 5.74) is 1.34. The van der Waals surface area contributed by atoms with Crippen LogP contribution in [0.5, 0.6) is 11.5 Å². The van der Waals surface area contributed by atoms with E-state index in [0.717, 1.165) is 24.3 Å². The SMILES string of the molecule is CCCOc1ccc(C(=O)NCc2nc(C)c(C)o2)cc1OCCC. The number of aromatic nitrogens is 1. The second-order valence-corrected chi connectivity index (χ2v) is 5.79. The summed E-state index contributed by atoms with van der Waals surface area (Å²) in [6, 6.07) is 5.21. The van der Waals surface area contributed by atoms with Crippen molar-refractivity contribution < 1.29 is 18.7 Å². The van der Waals surface area contributed by atoms with Crippen LogP contribution in [-0.2, 0) is 6.54 Å². The fourth-order valence-corrected chi connectivity index (χ4v) is 2.18. The van der Waals surface area contributed by atoms with Crippen molar-refractivity contribution in [2.75, 3.05) is 13.2 Å². The normalized spacial score (nSPS) is 10.6. The Hall–Kier alpha value is -2.50. The molecule has 6 nitrogen and oxygen atoms in total. The van der Waals surface area contributed by atoms with E-state index in [2.05, 4.69) is 10.3 Å². The van der Waals surface area contributed by atoms with Gasteiger partial charge in [-0.15, -0.1) is 0 Å². The summed E-state index contributed by atoms with van der Waals surface area (Å²) in [6.45, 7) is 9.21. The van der Waals surface area contributed by atoms with E-state index in [0.29, 0.717) is 36.2 Å². The molecule has 0 fully saturated rings. The van der Waals surface area contributed by atoms with Gasteiger partial charge in [0.2, 0.25) is 5.89 Å². The fraction of sp³-hybridized carbons (Fsp3) is 0.474.